The molecule has 0 aliphatic heterocycles. The minimum atomic E-state index is -0.564. The van der Waals surface area contributed by atoms with Crippen molar-refractivity contribution in [1.82, 2.24) is 0 Å². The number of carbonyl (C=O) groups excluding carboxylic acids is 2. The number of unbranched alkanes of at least 4 members (excludes halogenated alkanes) is 1. The molecule has 0 bridgehead atoms. The van der Waals surface area contributed by atoms with E-state index in [1.807, 2.05) is 41.5 Å². The van der Waals surface area contributed by atoms with Crippen molar-refractivity contribution in [3.63, 3.8) is 0 Å². The molecular formula is C20H38O6. The van der Waals surface area contributed by atoms with Crippen LogP contribution in [0.4, 0.5) is 0 Å². The zero-order valence-electron chi connectivity index (χ0n) is 17.8. The number of carbonyl (C=O) groups is 2. The summed E-state index contributed by atoms with van der Waals surface area (Å²) in [5.74, 6) is -0.497. The fourth-order valence-electron chi connectivity index (χ4n) is 1.68. The molecule has 0 saturated heterocycles. The zero-order chi connectivity index (χ0) is 20.4. The first kappa shape index (κ1) is 24.9. The lowest BCUT2D eigenvalue weighted by molar-refractivity contribution is -0.188. The predicted octanol–water partition coefficient (Wildman–Crippen LogP) is 4.45. The third-order valence-corrected chi connectivity index (χ3v) is 4.66. The monoisotopic (exact) mass is 374 g/mol. The molecule has 0 fully saturated rings. The highest BCUT2D eigenvalue weighted by Gasteiger charge is 2.29. The number of esters is 2. The predicted molar refractivity (Wildman–Crippen MR) is 100 cm³/mol. The number of ether oxygens (including phenoxy) is 4. The van der Waals surface area contributed by atoms with Gasteiger partial charge in [-0.3, -0.25) is 9.59 Å². The summed E-state index contributed by atoms with van der Waals surface area (Å²) < 4.78 is 21.6. The Morgan fingerprint density at radius 3 is 1.31 bits per heavy atom. The summed E-state index contributed by atoms with van der Waals surface area (Å²) in [6, 6.07) is 0. The molecule has 26 heavy (non-hydrogen) atoms. The van der Waals surface area contributed by atoms with E-state index in [2.05, 4.69) is 0 Å². The van der Waals surface area contributed by atoms with Crippen LogP contribution >= 0.6 is 0 Å². The van der Waals surface area contributed by atoms with Gasteiger partial charge in [-0.05, 0) is 67.2 Å². The quantitative estimate of drug-likeness (QED) is 0.269. The molecule has 0 spiro atoms. The molecule has 0 rings (SSSR count). The summed E-state index contributed by atoms with van der Waals surface area (Å²) in [6.07, 6.45) is 1.83. The van der Waals surface area contributed by atoms with Gasteiger partial charge in [-0.15, -0.1) is 0 Å². The first-order valence-electron chi connectivity index (χ1n) is 9.61. The minimum Gasteiger partial charge on any atom is -0.436 e. The molecule has 2 unspecified atom stereocenters. The molecule has 0 aromatic rings. The largest absolute Gasteiger partial charge is 0.436 e. The summed E-state index contributed by atoms with van der Waals surface area (Å²) in [7, 11) is 0. The second kappa shape index (κ2) is 11.5. The Morgan fingerprint density at radius 2 is 1.04 bits per heavy atom. The van der Waals surface area contributed by atoms with Gasteiger partial charge in [0.1, 0.15) is 0 Å². The van der Waals surface area contributed by atoms with Crippen LogP contribution in [-0.2, 0) is 28.5 Å². The van der Waals surface area contributed by atoms with Gasteiger partial charge < -0.3 is 18.9 Å². The minimum absolute atomic E-state index is 0.249. The first-order chi connectivity index (χ1) is 12.0. The lowest BCUT2D eigenvalue weighted by Crippen LogP contribution is -2.30. The van der Waals surface area contributed by atoms with Crippen molar-refractivity contribution in [2.24, 2.45) is 10.8 Å². The van der Waals surface area contributed by atoms with Crippen LogP contribution < -0.4 is 0 Å². The highest BCUT2D eigenvalue weighted by atomic mass is 16.7. The van der Waals surface area contributed by atoms with Crippen molar-refractivity contribution in [2.75, 3.05) is 13.2 Å². The van der Waals surface area contributed by atoms with Gasteiger partial charge in [0.2, 0.25) is 0 Å². The van der Waals surface area contributed by atoms with Gasteiger partial charge in [0.15, 0.2) is 12.6 Å². The summed E-state index contributed by atoms with van der Waals surface area (Å²) in [5.41, 5.74) is -0.989. The molecule has 2 atom stereocenters. The van der Waals surface area contributed by atoms with Crippen molar-refractivity contribution in [2.45, 2.75) is 93.7 Å². The third-order valence-electron chi connectivity index (χ3n) is 4.66. The Balaban J connectivity index is 3.84. The van der Waals surface area contributed by atoms with Crippen LogP contribution in [0, 0.1) is 10.8 Å². The zero-order valence-corrected chi connectivity index (χ0v) is 17.8. The molecule has 6 heteroatoms. The molecule has 154 valence electrons. The molecule has 0 N–H and O–H groups in total. The van der Waals surface area contributed by atoms with Crippen molar-refractivity contribution in [1.29, 1.82) is 0 Å². The van der Waals surface area contributed by atoms with Gasteiger partial charge in [-0.2, -0.15) is 0 Å². The Morgan fingerprint density at radius 1 is 0.731 bits per heavy atom. The van der Waals surface area contributed by atoms with E-state index in [-0.39, 0.29) is 11.9 Å². The maximum Gasteiger partial charge on any atom is 0.313 e. The van der Waals surface area contributed by atoms with E-state index in [0.717, 1.165) is 12.8 Å². The highest BCUT2D eigenvalue weighted by Crippen LogP contribution is 2.23. The van der Waals surface area contributed by atoms with Crippen LogP contribution in [0.5, 0.6) is 0 Å². The van der Waals surface area contributed by atoms with Gasteiger partial charge in [0, 0.05) is 0 Å². The second-order valence-electron chi connectivity index (χ2n) is 7.87. The number of rotatable bonds is 13. The number of hydrogen-bond acceptors (Lipinski definition) is 6. The smallest absolute Gasteiger partial charge is 0.313 e. The second-order valence-corrected chi connectivity index (χ2v) is 7.87. The van der Waals surface area contributed by atoms with Gasteiger partial charge in [-0.25, -0.2) is 0 Å². The summed E-state index contributed by atoms with van der Waals surface area (Å²) in [6.45, 7) is 15.7. The normalized spacial score (nSPS) is 14.6. The molecule has 6 nitrogen and oxygen atoms in total. The SMILES string of the molecule is CCC(C)(C)C(=O)OC(C)OCCCCOC(C)OC(=O)C(C)(C)CC. The molecule has 0 aromatic carbocycles. The Labute approximate surface area is 158 Å². The summed E-state index contributed by atoms with van der Waals surface area (Å²) in [4.78, 5) is 23.9. The molecule has 0 aromatic heterocycles. The maximum absolute atomic E-state index is 11.9. The van der Waals surface area contributed by atoms with Gasteiger partial charge in [0.05, 0.1) is 24.0 Å². The van der Waals surface area contributed by atoms with Crippen LogP contribution in [0.25, 0.3) is 0 Å². The van der Waals surface area contributed by atoms with E-state index in [4.69, 9.17) is 18.9 Å². The van der Waals surface area contributed by atoms with Crippen LogP contribution in [-0.4, -0.2) is 37.7 Å². The van der Waals surface area contributed by atoms with Crippen molar-refractivity contribution < 1.29 is 28.5 Å². The third kappa shape index (κ3) is 9.53. The Kier molecular flexibility index (Phi) is 11.0. The van der Waals surface area contributed by atoms with Crippen molar-refractivity contribution in [3.05, 3.63) is 0 Å². The van der Waals surface area contributed by atoms with E-state index in [1.165, 1.54) is 0 Å². The molecule has 0 saturated carbocycles. The van der Waals surface area contributed by atoms with E-state index in [1.54, 1.807) is 13.8 Å². The number of hydrogen-bond donors (Lipinski definition) is 0. The van der Waals surface area contributed by atoms with Gasteiger partial charge in [-0.1, -0.05) is 13.8 Å². The lowest BCUT2D eigenvalue weighted by Gasteiger charge is -2.24. The molecule has 0 radical (unpaired) electrons. The van der Waals surface area contributed by atoms with Crippen LogP contribution in [0.15, 0.2) is 0 Å². The summed E-state index contributed by atoms with van der Waals surface area (Å²) >= 11 is 0. The average molecular weight is 375 g/mol. The molecule has 0 heterocycles. The topological polar surface area (TPSA) is 71.1 Å². The van der Waals surface area contributed by atoms with Gasteiger partial charge >= 0.3 is 11.9 Å². The van der Waals surface area contributed by atoms with Crippen LogP contribution in [0.2, 0.25) is 0 Å². The highest BCUT2D eigenvalue weighted by molar-refractivity contribution is 5.76. The molecule has 0 aliphatic rings. The fraction of sp³-hybridized carbons (Fsp3) is 0.900. The van der Waals surface area contributed by atoms with E-state index in [0.29, 0.717) is 26.1 Å². The Bertz CT molecular complexity index is 390. The van der Waals surface area contributed by atoms with Crippen molar-refractivity contribution in [3.8, 4) is 0 Å². The summed E-state index contributed by atoms with van der Waals surface area (Å²) in [5, 5.41) is 0. The van der Waals surface area contributed by atoms with Crippen LogP contribution in [0.3, 0.4) is 0 Å². The van der Waals surface area contributed by atoms with Crippen molar-refractivity contribution >= 4 is 11.9 Å². The molecule has 0 aliphatic carbocycles. The van der Waals surface area contributed by atoms with E-state index in [9.17, 15) is 9.59 Å². The standard InChI is InChI=1S/C20H38O6/c1-9-19(5,6)17(21)25-15(3)23-13-11-12-14-24-16(4)26-18(22)20(7,8)10-2/h15-16H,9-14H2,1-8H3. The fourth-order valence-corrected chi connectivity index (χ4v) is 1.68. The average Bonchev–Trinajstić information content (AvgIpc) is 2.57. The van der Waals surface area contributed by atoms with Crippen LogP contribution in [0.1, 0.15) is 81.1 Å². The molecular weight excluding hydrogens is 336 g/mol. The van der Waals surface area contributed by atoms with E-state index >= 15 is 0 Å². The lowest BCUT2D eigenvalue weighted by atomic mass is 9.91. The van der Waals surface area contributed by atoms with Gasteiger partial charge in [0.25, 0.3) is 0 Å². The maximum atomic E-state index is 11.9. The first-order valence-corrected chi connectivity index (χ1v) is 9.61. The molecule has 0 amide bonds. The van der Waals surface area contributed by atoms with E-state index < -0.39 is 23.4 Å². The Hall–Kier alpha value is -1.14.